The molecular formula is C77H93N11O13S2. The molecule has 2 fully saturated rings. The molecule has 103 heavy (non-hydrogen) atoms. The Morgan fingerprint density at radius 2 is 1.00 bits per heavy atom. The molecule has 0 radical (unpaired) electrons. The van der Waals surface area contributed by atoms with Gasteiger partial charge in [-0.2, -0.15) is 23.5 Å². The van der Waals surface area contributed by atoms with Crippen LogP contribution >= 0.6 is 23.5 Å². The Hall–Kier alpha value is -10.2. The molecule has 26 heteroatoms. The van der Waals surface area contributed by atoms with Crippen molar-refractivity contribution in [3.8, 4) is 5.75 Å². The monoisotopic (exact) mass is 1440 g/mol. The second-order valence-corrected chi connectivity index (χ2v) is 27.9. The topological polar surface area (TPSA) is 358 Å². The Morgan fingerprint density at radius 1 is 0.485 bits per heavy atom. The summed E-state index contributed by atoms with van der Waals surface area (Å²) in [4.78, 5) is 156. The van der Waals surface area contributed by atoms with Crippen molar-refractivity contribution in [1.29, 1.82) is 0 Å². The largest absolute Gasteiger partial charge is 0.489 e. The fraction of sp³-hybridized carbons (Fsp3) is 0.390. The van der Waals surface area contributed by atoms with Gasteiger partial charge in [-0.3, -0.25) is 47.9 Å². The number of rotatable bonds is 39. The first-order valence-corrected chi connectivity index (χ1v) is 37.1. The number of benzene rings is 6. The number of hydrogen-bond donors (Lipinski definition) is 10. The maximum Gasteiger partial charge on any atom is 0.407 e. The second kappa shape index (κ2) is 41.6. The molecule has 1 heterocycles. The van der Waals surface area contributed by atoms with Crippen LogP contribution in [0.4, 0.5) is 4.79 Å². The molecule has 0 aromatic heterocycles. The Kier molecular flexibility index (Phi) is 31.7. The highest BCUT2D eigenvalue weighted by atomic mass is 32.2. The molecule has 6 aromatic carbocycles. The fourth-order valence-corrected chi connectivity index (χ4v) is 14.0. The van der Waals surface area contributed by atoms with E-state index >= 15 is 14.4 Å². The standard InChI is InChI=1S/C77H93N11O13S2/c1-51-29-31-58(32-30-51)48-102-39-37-69(91)82-60(42-54-33-35-59(36-34-54)100-46-55-22-11-4-12-23-55)71(93)83-61(40-52-18-7-2-8-19-52)72(94)84-62(41-53-20-9-3-10-21-53)73(95)85-63(43-67(78)89)74(96)87-65(50-103-49-57-26-15-6-16-27-57)76(98)88-38-17-28-66(88)75(97)86-64(70(92)80-45-68(79)90)44-81-77(99)101-47-56-24-13-5-14-25-56/h2,4-8,11-16,18-19,22-27,29-36,53,60-66H,3,9-10,17,20-21,28,37-50H2,1H3,(H2,78,89)(H2,79,90)(H,80,92)(H,81,99)(H,82,91)(H,83,93)(H,84,94)(H,85,95)(H,86,97)(H,87,96)/t60-,61-,62-,63-,64-,65-,66-/m0/s1. The predicted molar refractivity (Wildman–Crippen MR) is 394 cm³/mol. The Balaban J connectivity index is 0.999. The summed E-state index contributed by atoms with van der Waals surface area (Å²) in [5.41, 5.74) is 17.3. The van der Waals surface area contributed by atoms with Gasteiger partial charge in [-0.15, -0.1) is 0 Å². The number of primary amides is 2. The first-order chi connectivity index (χ1) is 49.8. The van der Waals surface area contributed by atoms with Gasteiger partial charge in [0.15, 0.2) is 0 Å². The van der Waals surface area contributed by atoms with Crippen molar-refractivity contribution < 1.29 is 62.2 Å². The number of alkyl carbamates (subject to hydrolysis) is 1. The van der Waals surface area contributed by atoms with Crippen molar-refractivity contribution in [3.63, 3.8) is 0 Å². The van der Waals surface area contributed by atoms with E-state index in [-0.39, 0.29) is 62.8 Å². The highest BCUT2D eigenvalue weighted by Gasteiger charge is 2.41. The highest BCUT2D eigenvalue weighted by Crippen LogP contribution is 2.28. The summed E-state index contributed by atoms with van der Waals surface area (Å²) >= 11 is 2.87. The number of thioether (sulfide) groups is 2. The molecule has 12 N–H and O–H groups in total. The lowest BCUT2D eigenvalue weighted by molar-refractivity contribution is -0.142. The summed E-state index contributed by atoms with van der Waals surface area (Å²) in [6.07, 6.45) is 3.13. The summed E-state index contributed by atoms with van der Waals surface area (Å²) in [5, 5.41) is 21.6. The van der Waals surface area contributed by atoms with E-state index in [1.807, 2.05) is 104 Å². The summed E-state index contributed by atoms with van der Waals surface area (Å²) in [5.74, 6) is -5.89. The lowest BCUT2D eigenvalue weighted by Gasteiger charge is -2.31. The molecule has 6 aromatic rings. The van der Waals surface area contributed by atoms with Crippen LogP contribution in [0.2, 0.25) is 0 Å². The third-order valence-corrected chi connectivity index (χ3v) is 19.7. The Labute approximate surface area is 609 Å². The first-order valence-electron chi connectivity index (χ1n) is 34.8. The van der Waals surface area contributed by atoms with Crippen LogP contribution in [0.5, 0.6) is 5.75 Å². The summed E-state index contributed by atoms with van der Waals surface area (Å²) in [7, 11) is 0. The zero-order chi connectivity index (χ0) is 73.3. The molecule has 8 rings (SSSR count). The normalized spacial score (nSPS) is 15.2. The van der Waals surface area contributed by atoms with Crippen molar-refractivity contribution in [3.05, 3.63) is 209 Å². The van der Waals surface area contributed by atoms with Crippen LogP contribution in [-0.4, -0.2) is 143 Å². The van der Waals surface area contributed by atoms with Crippen LogP contribution in [0, 0.1) is 12.8 Å². The van der Waals surface area contributed by atoms with E-state index in [0.717, 1.165) is 54.4 Å². The van der Waals surface area contributed by atoms with Gasteiger partial charge < -0.3 is 68.4 Å². The van der Waals surface area contributed by atoms with Gasteiger partial charge in [-0.05, 0) is 77.6 Å². The third-order valence-electron chi connectivity index (χ3n) is 17.6. The van der Waals surface area contributed by atoms with Crippen LogP contribution in [0.1, 0.15) is 103 Å². The number of amides is 11. The van der Waals surface area contributed by atoms with Crippen molar-refractivity contribution in [2.45, 2.75) is 151 Å². The Bertz CT molecular complexity index is 3770. The van der Waals surface area contributed by atoms with E-state index in [2.05, 4.69) is 42.5 Å². The molecule has 1 aliphatic carbocycles. The van der Waals surface area contributed by atoms with E-state index in [9.17, 15) is 38.4 Å². The minimum Gasteiger partial charge on any atom is -0.489 e. The minimum atomic E-state index is -1.70. The number of hydrogen-bond acceptors (Lipinski definition) is 15. The number of carbonyl (C=O) groups is 11. The average Bonchev–Trinajstić information content (AvgIpc) is 1.76. The minimum absolute atomic E-state index is 0.0329. The van der Waals surface area contributed by atoms with Gasteiger partial charge in [0.2, 0.25) is 59.1 Å². The lowest BCUT2D eigenvalue weighted by Crippen LogP contribution is -2.61. The van der Waals surface area contributed by atoms with Gasteiger partial charge in [0.25, 0.3) is 0 Å². The zero-order valence-corrected chi connectivity index (χ0v) is 59.5. The SMILES string of the molecule is Cc1ccc(CSCCC(=O)N[C@@H](Cc2ccc(OCc3ccccc3)cc2)C(=O)N[C@@H](Cc2ccccc2)C(=O)N[C@@H](CC2CCCCC2)C(=O)N[C@@H](CC(N)=O)C(=O)N[C@@H](CSCc2ccccc2)C(=O)N2CCC[C@H]2C(=O)N[C@@H](CNC(=O)OCc2ccccc2)C(=O)NCC(N)=O)cc1. The predicted octanol–water partition coefficient (Wildman–Crippen LogP) is 5.89. The van der Waals surface area contributed by atoms with Gasteiger partial charge in [-0.1, -0.05) is 195 Å². The molecule has 0 spiro atoms. The molecule has 7 atom stereocenters. The maximum absolute atomic E-state index is 15.2. The van der Waals surface area contributed by atoms with Crippen LogP contribution in [0.25, 0.3) is 0 Å². The number of carbonyl (C=O) groups excluding carboxylic acids is 11. The fourth-order valence-electron chi connectivity index (χ4n) is 12.0. The lowest BCUT2D eigenvalue weighted by atomic mass is 9.84. The number of nitrogens with one attached hydrogen (secondary N) is 8. The third kappa shape index (κ3) is 27.3. The highest BCUT2D eigenvalue weighted by molar-refractivity contribution is 7.98. The first kappa shape index (κ1) is 78.5. The van der Waals surface area contributed by atoms with Crippen LogP contribution < -0.4 is 58.7 Å². The molecule has 1 saturated heterocycles. The molecule has 546 valence electrons. The van der Waals surface area contributed by atoms with Crippen molar-refractivity contribution in [1.82, 2.24) is 47.4 Å². The van der Waals surface area contributed by atoms with Gasteiger partial charge >= 0.3 is 6.09 Å². The molecule has 1 saturated carbocycles. The number of likely N-dealkylation sites (tertiary alicyclic amines) is 1. The van der Waals surface area contributed by atoms with Gasteiger partial charge in [-0.25, -0.2) is 4.79 Å². The van der Waals surface area contributed by atoms with Crippen LogP contribution in [-0.2, 0) is 90.2 Å². The molecule has 11 amide bonds. The molecular weight excluding hydrogens is 1350 g/mol. The molecule has 2 aliphatic rings. The number of ether oxygens (including phenoxy) is 2. The van der Waals surface area contributed by atoms with E-state index in [1.54, 1.807) is 84.6 Å². The van der Waals surface area contributed by atoms with Crippen LogP contribution in [0.15, 0.2) is 170 Å². The summed E-state index contributed by atoms with van der Waals surface area (Å²) in [6.45, 7) is 1.20. The van der Waals surface area contributed by atoms with E-state index in [1.165, 1.54) is 16.7 Å². The van der Waals surface area contributed by atoms with Gasteiger partial charge in [0.05, 0.1) is 19.5 Å². The van der Waals surface area contributed by atoms with Gasteiger partial charge in [0.1, 0.15) is 61.3 Å². The second-order valence-electron chi connectivity index (χ2n) is 25.8. The molecule has 1 aliphatic heterocycles. The smallest absolute Gasteiger partial charge is 0.407 e. The summed E-state index contributed by atoms with van der Waals surface area (Å²) in [6, 6.07) is 42.5. The van der Waals surface area contributed by atoms with Crippen molar-refractivity contribution in [2.24, 2.45) is 17.4 Å². The van der Waals surface area contributed by atoms with E-state index < -0.39 is 121 Å². The number of nitrogens with two attached hydrogens (primary N) is 2. The van der Waals surface area contributed by atoms with E-state index in [0.29, 0.717) is 52.7 Å². The van der Waals surface area contributed by atoms with Crippen LogP contribution in [0.3, 0.4) is 0 Å². The van der Waals surface area contributed by atoms with Crippen molar-refractivity contribution in [2.75, 3.05) is 31.1 Å². The van der Waals surface area contributed by atoms with Gasteiger partial charge in [0, 0.05) is 48.8 Å². The molecule has 0 unspecified atom stereocenters. The molecule has 24 nitrogen and oxygen atoms in total. The summed E-state index contributed by atoms with van der Waals surface area (Å²) < 4.78 is 11.3. The van der Waals surface area contributed by atoms with E-state index in [4.69, 9.17) is 20.9 Å². The maximum atomic E-state index is 15.2. The zero-order valence-electron chi connectivity index (χ0n) is 57.9. The molecule has 0 bridgehead atoms. The number of nitrogens with zero attached hydrogens (tertiary/aromatic N) is 1. The number of aryl methyl sites for hydroxylation is 1. The quantitative estimate of drug-likeness (QED) is 0.0201. The Morgan fingerprint density at radius 3 is 1.62 bits per heavy atom. The van der Waals surface area contributed by atoms with Crippen molar-refractivity contribution >= 4 is 88.7 Å². The average molecular weight is 1440 g/mol.